The van der Waals surface area contributed by atoms with Gasteiger partial charge >= 0.3 is 6.09 Å². The van der Waals surface area contributed by atoms with Gasteiger partial charge in [-0.3, -0.25) is 5.32 Å². The van der Waals surface area contributed by atoms with Crippen LogP contribution >= 0.6 is 15.9 Å². The first-order valence-corrected chi connectivity index (χ1v) is 6.25. The van der Waals surface area contributed by atoms with Gasteiger partial charge < -0.3 is 4.74 Å². The third kappa shape index (κ3) is 4.38. The molecule has 0 fully saturated rings. The molecule has 94 valence electrons. The molecule has 0 unspecified atom stereocenters. The Kier molecular flexibility index (Phi) is 4.20. The third-order valence-corrected chi connectivity index (χ3v) is 2.58. The van der Waals surface area contributed by atoms with Crippen molar-refractivity contribution in [1.82, 2.24) is 0 Å². The number of anilines is 1. The molecule has 0 aromatic heterocycles. The maximum Gasteiger partial charge on any atom is 0.412 e. The summed E-state index contributed by atoms with van der Waals surface area (Å²) in [7, 11) is 0. The SMILES string of the molecule is Cc1cc(Br)cc(C)c1NC(=O)OC(C)(C)C. The highest BCUT2D eigenvalue weighted by atomic mass is 79.9. The normalized spacial score (nSPS) is 11.2. The van der Waals surface area contributed by atoms with Crippen LogP contribution in [0.4, 0.5) is 10.5 Å². The monoisotopic (exact) mass is 299 g/mol. The van der Waals surface area contributed by atoms with Crippen LogP contribution in [-0.2, 0) is 4.74 Å². The number of aryl methyl sites for hydroxylation is 2. The number of amides is 1. The summed E-state index contributed by atoms with van der Waals surface area (Å²) in [5.74, 6) is 0. The second-order valence-electron chi connectivity index (χ2n) is 5.04. The molecule has 1 rings (SSSR count). The van der Waals surface area contributed by atoms with Gasteiger partial charge in [0, 0.05) is 10.2 Å². The van der Waals surface area contributed by atoms with E-state index in [4.69, 9.17) is 4.74 Å². The van der Waals surface area contributed by atoms with Crippen molar-refractivity contribution in [2.45, 2.75) is 40.2 Å². The van der Waals surface area contributed by atoms with Crippen molar-refractivity contribution in [2.75, 3.05) is 5.32 Å². The van der Waals surface area contributed by atoms with Crippen molar-refractivity contribution in [1.29, 1.82) is 0 Å². The van der Waals surface area contributed by atoms with E-state index in [1.807, 2.05) is 46.8 Å². The second-order valence-corrected chi connectivity index (χ2v) is 5.96. The van der Waals surface area contributed by atoms with Crippen molar-refractivity contribution < 1.29 is 9.53 Å². The number of rotatable bonds is 1. The molecule has 0 saturated heterocycles. The predicted octanol–water partition coefficient (Wildman–Crippen LogP) is 4.41. The zero-order valence-electron chi connectivity index (χ0n) is 10.8. The average Bonchev–Trinajstić information content (AvgIpc) is 2.08. The molecule has 4 heteroatoms. The number of carbonyl (C=O) groups is 1. The standard InChI is InChI=1S/C13H18BrNO2/c1-8-6-10(14)7-9(2)11(8)15-12(16)17-13(3,4)5/h6-7H,1-5H3,(H,15,16). The van der Waals surface area contributed by atoms with Crippen molar-refractivity contribution >= 4 is 27.7 Å². The van der Waals surface area contributed by atoms with Gasteiger partial charge in [-0.25, -0.2) is 4.79 Å². The fraction of sp³-hybridized carbons (Fsp3) is 0.462. The molecule has 0 aliphatic carbocycles. The van der Waals surface area contributed by atoms with Crippen LogP contribution in [0.25, 0.3) is 0 Å². The summed E-state index contributed by atoms with van der Waals surface area (Å²) in [6, 6.07) is 3.92. The van der Waals surface area contributed by atoms with Crippen LogP contribution in [0.2, 0.25) is 0 Å². The molecule has 0 atom stereocenters. The van der Waals surface area contributed by atoms with Gasteiger partial charge in [-0.2, -0.15) is 0 Å². The van der Waals surface area contributed by atoms with Gasteiger partial charge in [-0.15, -0.1) is 0 Å². The summed E-state index contributed by atoms with van der Waals surface area (Å²) < 4.78 is 6.22. The highest BCUT2D eigenvalue weighted by Crippen LogP contribution is 2.25. The van der Waals surface area contributed by atoms with Gasteiger partial charge in [0.25, 0.3) is 0 Å². The van der Waals surface area contributed by atoms with Crippen molar-refractivity contribution in [2.24, 2.45) is 0 Å². The molecule has 0 saturated carbocycles. The molecule has 1 aromatic carbocycles. The Balaban J connectivity index is 2.86. The molecule has 17 heavy (non-hydrogen) atoms. The maximum atomic E-state index is 11.7. The molecule has 0 heterocycles. The fourth-order valence-corrected chi connectivity index (χ4v) is 2.20. The number of benzene rings is 1. The number of carbonyl (C=O) groups excluding carboxylic acids is 1. The van der Waals surface area contributed by atoms with Gasteiger partial charge in [-0.05, 0) is 57.9 Å². The summed E-state index contributed by atoms with van der Waals surface area (Å²) >= 11 is 3.42. The van der Waals surface area contributed by atoms with E-state index in [1.54, 1.807) is 0 Å². The van der Waals surface area contributed by atoms with E-state index in [-0.39, 0.29) is 0 Å². The van der Waals surface area contributed by atoms with E-state index in [9.17, 15) is 4.79 Å². The minimum atomic E-state index is -0.485. The van der Waals surface area contributed by atoms with Gasteiger partial charge in [0.15, 0.2) is 0 Å². The van der Waals surface area contributed by atoms with E-state index in [0.717, 1.165) is 21.3 Å². The van der Waals surface area contributed by atoms with E-state index in [2.05, 4.69) is 21.2 Å². The van der Waals surface area contributed by atoms with Crippen LogP contribution in [0.1, 0.15) is 31.9 Å². The number of nitrogens with one attached hydrogen (secondary N) is 1. The van der Waals surface area contributed by atoms with E-state index in [0.29, 0.717) is 0 Å². The largest absolute Gasteiger partial charge is 0.444 e. The van der Waals surface area contributed by atoms with E-state index in [1.165, 1.54) is 0 Å². The second kappa shape index (κ2) is 5.08. The first-order valence-electron chi connectivity index (χ1n) is 5.46. The Morgan fingerprint density at radius 2 is 1.71 bits per heavy atom. The van der Waals surface area contributed by atoms with Gasteiger partial charge in [0.2, 0.25) is 0 Å². The lowest BCUT2D eigenvalue weighted by Crippen LogP contribution is -2.27. The topological polar surface area (TPSA) is 38.3 Å². The number of halogens is 1. The van der Waals surface area contributed by atoms with Crippen molar-refractivity contribution in [3.8, 4) is 0 Å². The van der Waals surface area contributed by atoms with E-state index >= 15 is 0 Å². The molecule has 1 aromatic rings. The molecule has 0 spiro atoms. The van der Waals surface area contributed by atoms with Gasteiger partial charge in [0.05, 0.1) is 0 Å². The van der Waals surface area contributed by atoms with Gasteiger partial charge in [0.1, 0.15) is 5.60 Å². The van der Waals surface area contributed by atoms with Crippen LogP contribution in [0.5, 0.6) is 0 Å². The van der Waals surface area contributed by atoms with Crippen LogP contribution < -0.4 is 5.32 Å². The summed E-state index contributed by atoms with van der Waals surface area (Å²) in [4.78, 5) is 11.7. The van der Waals surface area contributed by atoms with Crippen LogP contribution in [-0.4, -0.2) is 11.7 Å². The molecule has 0 aliphatic rings. The molecule has 0 aliphatic heterocycles. The smallest absolute Gasteiger partial charge is 0.412 e. The Bertz CT molecular complexity index is 413. The first-order chi connectivity index (χ1) is 7.69. The minimum absolute atomic E-state index is 0.425. The van der Waals surface area contributed by atoms with E-state index < -0.39 is 11.7 Å². The zero-order valence-corrected chi connectivity index (χ0v) is 12.4. The van der Waals surface area contributed by atoms with Crippen molar-refractivity contribution in [3.63, 3.8) is 0 Å². The predicted molar refractivity (Wildman–Crippen MR) is 73.5 cm³/mol. The number of ether oxygens (including phenoxy) is 1. The Labute approximate surface area is 111 Å². The lowest BCUT2D eigenvalue weighted by atomic mass is 10.1. The quantitative estimate of drug-likeness (QED) is 0.834. The molecular weight excluding hydrogens is 282 g/mol. The van der Waals surface area contributed by atoms with Crippen LogP contribution in [0, 0.1) is 13.8 Å². The van der Waals surface area contributed by atoms with Gasteiger partial charge in [-0.1, -0.05) is 15.9 Å². The summed E-state index contributed by atoms with van der Waals surface area (Å²) in [6.07, 6.45) is -0.425. The summed E-state index contributed by atoms with van der Waals surface area (Å²) in [5.41, 5.74) is 2.33. The van der Waals surface area contributed by atoms with Crippen LogP contribution in [0.15, 0.2) is 16.6 Å². The highest BCUT2D eigenvalue weighted by molar-refractivity contribution is 9.10. The molecule has 0 bridgehead atoms. The molecule has 1 N–H and O–H groups in total. The lowest BCUT2D eigenvalue weighted by molar-refractivity contribution is 0.0635. The Hall–Kier alpha value is -1.03. The molecule has 3 nitrogen and oxygen atoms in total. The Morgan fingerprint density at radius 3 is 2.12 bits per heavy atom. The Morgan fingerprint density at radius 1 is 1.24 bits per heavy atom. The zero-order chi connectivity index (χ0) is 13.2. The fourth-order valence-electron chi connectivity index (χ4n) is 1.51. The maximum absolute atomic E-state index is 11.7. The summed E-state index contributed by atoms with van der Waals surface area (Å²) in [5, 5.41) is 2.78. The molecule has 1 amide bonds. The highest BCUT2D eigenvalue weighted by Gasteiger charge is 2.17. The number of hydrogen-bond acceptors (Lipinski definition) is 2. The average molecular weight is 300 g/mol. The summed E-state index contributed by atoms with van der Waals surface area (Å²) in [6.45, 7) is 9.42. The van der Waals surface area contributed by atoms with Crippen molar-refractivity contribution in [3.05, 3.63) is 27.7 Å². The molecule has 0 radical (unpaired) electrons. The third-order valence-electron chi connectivity index (χ3n) is 2.12. The van der Waals surface area contributed by atoms with Crippen LogP contribution in [0.3, 0.4) is 0 Å². The number of hydrogen-bond donors (Lipinski definition) is 1. The molecular formula is C13H18BrNO2. The first kappa shape index (κ1) is 14.0. The minimum Gasteiger partial charge on any atom is -0.444 e. The lowest BCUT2D eigenvalue weighted by Gasteiger charge is -2.21.